The number of para-hydroxylation sites is 1. The Morgan fingerprint density at radius 1 is 0.375 bits per heavy atom. The second kappa shape index (κ2) is 23.0. The van der Waals surface area contributed by atoms with Crippen LogP contribution < -0.4 is 0 Å². The van der Waals surface area contributed by atoms with E-state index >= 15 is 0 Å². The van der Waals surface area contributed by atoms with Crippen molar-refractivity contribution in [2.45, 2.75) is 113 Å². The second-order valence-electron chi connectivity index (χ2n) is 15.0. The van der Waals surface area contributed by atoms with E-state index in [1.165, 1.54) is 54.6 Å². The Morgan fingerprint density at radius 3 is 1.30 bits per heavy atom. The predicted molar refractivity (Wildman–Crippen MR) is 220 cm³/mol. The summed E-state index contributed by atoms with van der Waals surface area (Å²) in [6, 6.07) is 21.0. The molecule has 0 radical (unpaired) electrons. The van der Waals surface area contributed by atoms with Crippen LogP contribution in [-0.4, -0.2) is 25.5 Å². The van der Waals surface area contributed by atoms with Crippen molar-refractivity contribution >= 4 is 0 Å². The molecule has 0 saturated carbocycles. The van der Waals surface area contributed by atoms with E-state index in [1.54, 1.807) is 13.0 Å². The molecular weight excluding hydrogens is 721 g/mol. The summed E-state index contributed by atoms with van der Waals surface area (Å²) in [7, 11) is 0. The minimum Gasteiger partial charge on any atom is -0.508 e. The summed E-state index contributed by atoms with van der Waals surface area (Å²) in [6.45, 7) is 23.0. The number of phenols is 5. The van der Waals surface area contributed by atoms with E-state index in [1.807, 2.05) is 80.5 Å². The fourth-order valence-corrected chi connectivity index (χ4v) is 5.44. The van der Waals surface area contributed by atoms with E-state index in [0.29, 0.717) is 33.9 Å². The molecule has 0 fully saturated rings. The molecule has 5 nitrogen and oxygen atoms in total. The van der Waals surface area contributed by atoms with Crippen molar-refractivity contribution in [1.82, 2.24) is 0 Å². The minimum atomic E-state index is -0.396. The number of aromatic hydroxyl groups is 5. The van der Waals surface area contributed by atoms with E-state index in [9.17, 15) is 43.1 Å². The summed E-state index contributed by atoms with van der Waals surface area (Å²) >= 11 is 0. The molecule has 9 heteroatoms. The smallest absolute Gasteiger partial charge is 0.130 e. The number of phenolic OH excluding ortho intramolecular Hbond substituents is 5. The highest BCUT2D eigenvalue weighted by atomic mass is 19.1. The Hall–Kier alpha value is -5.18. The fraction of sp³-hybridized carbons (Fsp3) is 0.362. The van der Waals surface area contributed by atoms with Gasteiger partial charge in [-0.2, -0.15) is 0 Å². The van der Waals surface area contributed by atoms with Gasteiger partial charge < -0.3 is 25.5 Å². The maximum absolute atomic E-state index is 12.9. The van der Waals surface area contributed by atoms with Crippen molar-refractivity contribution in [3.8, 4) is 28.7 Å². The molecule has 0 aliphatic carbocycles. The monoisotopic (exact) mass is 780 g/mol. The van der Waals surface area contributed by atoms with Crippen LogP contribution in [0.2, 0.25) is 0 Å². The van der Waals surface area contributed by atoms with Gasteiger partial charge in [0.05, 0.1) is 0 Å². The van der Waals surface area contributed by atoms with Crippen molar-refractivity contribution in [2.75, 3.05) is 0 Å². The third-order valence-corrected chi connectivity index (χ3v) is 8.64. The lowest BCUT2D eigenvalue weighted by molar-refractivity contribution is 0.453. The van der Waals surface area contributed by atoms with Gasteiger partial charge in [-0.3, -0.25) is 0 Å². The topological polar surface area (TPSA) is 101 Å². The summed E-state index contributed by atoms with van der Waals surface area (Å²) in [5.74, 6) is 0.564. The van der Waals surface area contributed by atoms with Crippen molar-refractivity contribution in [2.24, 2.45) is 0 Å². The first kappa shape index (κ1) is 48.8. The van der Waals surface area contributed by atoms with Crippen LogP contribution in [0.3, 0.4) is 0 Å². The highest BCUT2D eigenvalue weighted by Gasteiger charge is 2.12. The van der Waals surface area contributed by atoms with Crippen LogP contribution in [0.1, 0.15) is 138 Å². The van der Waals surface area contributed by atoms with E-state index in [4.69, 9.17) is 0 Å². The molecule has 5 aromatic rings. The molecule has 0 unspecified atom stereocenters. The number of benzene rings is 5. The summed E-state index contributed by atoms with van der Waals surface area (Å²) in [5, 5.41) is 46.8. The van der Waals surface area contributed by atoms with Gasteiger partial charge in [-0.1, -0.05) is 99.6 Å². The number of hydrogen-bond acceptors (Lipinski definition) is 5. The van der Waals surface area contributed by atoms with Crippen LogP contribution in [0.15, 0.2) is 84.9 Å². The normalized spacial score (nSPS) is 10.6. The largest absolute Gasteiger partial charge is 0.508 e. The molecule has 0 heterocycles. The van der Waals surface area contributed by atoms with Crippen molar-refractivity contribution in [3.63, 3.8) is 0 Å². The molecule has 0 bridgehead atoms. The van der Waals surface area contributed by atoms with Gasteiger partial charge in [-0.25, -0.2) is 17.6 Å². The molecule has 5 N–H and O–H groups in total. The van der Waals surface area contributed by atoms with E-state index in [-0.39, 0.29) is 64.1 Å². The third-order valence-electron chi connectivity index (χ3n) is 8.64. The average Bonchev–Trinajstić information content (AvgIpc) is 3.09. The molecule has 5 rings (SSSR count). The molecule has 0 amide bonds. The van der Waals surface area contributed by atoms with Gasteiger partial charge in [-0.15, -0.1) is 0 Å². The number of aryl methyl sites for hydroxylation is 2. The Bertz CT molecular complexity index is 1940. The molecule has 0 aliphatic rings. The number of rotatable bonds is 5. The van der Waals surface area contributed by atoms with Crippen LogP contribution in [0.4, 0.5) is 17.6 Å². The summed E-state index contributed by atoms with van der Waals surface area (Å²) in [5.41, 5.74) is 5.09. The lowest BCUT2D eigenvalue weighted by atomic mass is 9.99. The molecular formula is C47H60F4O5. The second-order valence-corrected chi connectivity index (χ2v) is 15.0. The number of halogens is 4. The Labute approximate surface area is 331 Å². The van der Waals surface area contributed by atoms with Gasteiger partial charge in [0.15, 0.2) is 0 Å². The summed E-state index contributed by atoms with van der Waals surface area (Å²) < 4.78 is 50.8. The molecule has 0 aliphatic heterocycles. The fourth-order valence-electron chi connectivity index (χ4n) is 5.44. The highest BCUT2D eigenvalue weighted by Crippen LogP contribution is 2.31. The predicted octanol–water partition coefficient (Wildman–Crippen LogP) is 13.8. The van der Waals surface area contributed by atoms with Gasteiger partial charge in [0.1, 0.15) is 52.0 Å². The van der Waals surface area contributed by atoms with Gasteiger partial charge >= 0.3 is 0 Å². The summed E-state index contributed by atoms with van der Waals surface area (Å²) in [4.78, 5) is 0. The van der Waals surface area contributed by atoms with E-state index < -0.39 is 5.82 Å². The maximum Gasteiger partial charge on any atom is 0.130 e. The average molecular weight is 781 g/mol. The maximum atomic E-state index is 12.9. The Kier molecular flexibility index (Phi) is 20.1. The zero-order chi connectivity index (χ0) is 43.0. The van der Waals surface area contributed by atoms with Gasteiger partial charge in [0.2, 0.25) is 0 Å². The first-order valence-electron chi connectivity index (χ1n) is 18.7. The molecule has 0 spiro atoms. The van der Waals surface area contributed by atoms with Crippen molar-refractivity contribution < 1.29 is 43.1 Å². The molecule has 306 valence electrons. The Morgan fingerprint density at radius 2 is 0.857 bits per heavy atom. The van der Waals surface area contributed by atoms with Crippen molar-refractivity contribution in [1.29, 1.82) is 0 Å². The molecule has 5 aromatic carbocycles. The van der Waals surface area contributed by atoms with Crippen LogP contribution in [0, 0.1) is 37.1 Å². The highest BCUT2D eigenvalue weighted by molar-refractivity contribution is 5.42. The summed E-state index contributed by atoms with van der Waals surface area (Å²) in [6.07, 6.45) is 0. The Balaban J connectivity index is 0.000000350. The number of hydrogen-bond donors (Lipinski definition) is 5. The molecule has 0 saturated heterocycles. The van der Waals surface area contributed by atoms with Crippen LogP contribution in [0.5, 0.6) is 28.7 Å². The molecule has 56 heavy (non-hydrogen) atoms. The minimum absolute atomic E-state index is 0.0243. The lowest BCUT2D eigenvalue weighted by Crippen LogP contribution is -1.92. The van der Waals surface area contributed by atoms with Crippen LogP contribution in [-0.2, 0) is 0 Å². The third kappa shape index (κ3) is 15.5. The van der Waals surface area contributed by atoms with Crippen LogP contribution >= 0.6 is 0 Å². The first-order chi connectivity index (χ1) is 26.0. The van der Waals surface area contributed by atoms with E-state index in [2.05, 4.69) is 13.8 Å². The van der Waals surface area contributed by atoms with Crippen molar-refractivity contribution in [3.05, 3.63) is 147 Å². The van der Waals surface area contributed by atoms with Gasteiger partial charge in [0.25, 0.3) is 0 Å². The first-order valence-corrected chi connectivity index (χ1v) is 18.7. The van der Waals surface area contributed by atoms with Gasteiger partial charge in [0, 0.05) is 11.6 Å². The SMILES string of the molecule is CC(C)c1c(O)cccc1F.CC(C)c1cc(F)ccc1O.CC(C)c1ccc(F)cc1O.Cc1cc(F)cc(C(C)C)c1O.Cc1cccc(C(C)C)c1O. The van der Waals surface area contributed by atoms with Gasteiger partial charge in [-0.05, 0) is 125 Å². The standard InChI is InChI=1S/C10H13FO.C10H14O.3C9H11FO/c1-6(2)9-5-8(11)4-7(3)10(9)12;1-7(2)9-6-4-5-8(3)10(9)11;1-6(2)8-5-7(10)3-4-9(8)11;1-6(2)8-4-3-7(10)5-9(8)11;1-6(2)9-7(10)4-3-5-8(9)11/h4-6,12H,1-3H3;4-7,11H,1-3H3;3*3-6,11H,1-2H3. The lowest BCUT2D eigenvalue weighted by Gasteiger charge is -2.10. The van der Waals surface area contributed by atoms with E-state index in [0.717, 1.165) is 22.8 Å². The molecule has 0 aromatic heterocycles. The zero-order valence-corrected chi connectivity index (χ0v) is 34.7. The van der Waals surface area contributed by atoms with Crippen LogP contribution in [0.25, 0.3) is 0 Å². The quantitative estimate of drug-likeness (QED) is 0.114. The molecule has 0 atom stereocenters. The zero-order valence-electron chi connectivity index (χ0n) is 34.7.